The fourth-order valence-corrected chi connectivity index (χ4v) is 4.42. The molecule has 0 bridgehead atoms. The molecule has 0 aliphatic rings. The van der Waals surface area contributed by atoms with Crippen molar-refractivity contribution in [3.05, 3.63) is 34.1 Å². The highest BCUT2D eigenvalue weighted by Gasteiger charge is 2.20. The van der Waals surface area contributed by atoms with Crippen LogP contribution in [-0.2, 0) is 15.6 Å². The van der Waals surface area contributed by atoms with Gasteiger partial charge in [0.25, 0.3) is 5.56 Å². The van der Waals surface area contributed by atoms with Crippen LogP contribution in [0.4, 0.5) is 5.95 Å². The van der Waals surface area contributed by atoms with E-state index >= 15 is 0 Å². The van der Waals surface area contributed by atoms with E-state index in [0.29, 0.717) is 11.0 Å². The average Bonchev–Trinajstić information content (AvgIpc) is 3.20. The van der Waals surface area contributed by atoms with E-state index in [1.165, 1.54) is 6.20 Å². The molecule has 3 heterocycles. The first-order chi connectivity index (χ1) is 12.2. The van der Waals surface area contributed by atoms with Gasteiger partial charge in [-0.05, 0) is 32.2 Å². The molecule has 3 aromatic rings. The molecule has 0 unspecified atom stereocenters. The molecule has 3 N–H and O–H groups in total. The molecule has 26 heavy (non-hydrogen) atoms. The highest BCUT2D eigenvalue weighted by Crippen LogP contribution is 2.18. The molecule has 11 heteroatoms. The largest absolute Gasteiger partial charge is 0.354 e. The van der Waals surface area contributed by atoms with Crippen molar-refractivity contribution >= 4 is 38.3 Å². The predicted molar refractivity (Wildman–Crippen MR) is 101 cm³/mol. The molecule has 0 saturated heterocycles. The predicted octanol–water partition coefficient (Wildman–Crippen LogP) is 1.33. The molecule has 0 amide bonds. The first-order valence-corrected chi connectivity index (χ1v) is 10.3. The number of rotatable bonds is 6. The van der Waals surface area contributed by atoms with Crippen LogP contribution in [-0.4, -0.2) is 41.3 Å². The Morgan fingerprint density at radius 1 is 1.31 bits per heavy atom. The lowest BCUT2D eigenvalue weighted by molar-refractivity contribution is 0.366. The standard InChI is InChI=1S/C15H20N6O3S2/c1-15(2,3)21-12-10(9-17-21)13(22)20-14(19-12)16-6-7-18-26(23,24)11-5-4-8-25-11/h4-5,8-9,18H,6-7H2,1-3H3,(H2,16,19,20,22). The summed E-state index contributed by atoms with van der Waals surface area (Å²) < 4.78 is 28.5. The van der Waals surface area contributed by atoms with Crippen LogP contribution in [0, 0.1) is 0 Å². The van der Waals surface area contributed by atoms with E-state index in [4.69, 9.17) is 0 Å². The number of fused-ring (bicyclic) bond motifs is 1. The number of anilines is 1. The monoisotopic (exact) mass is 396 g/mol. The lowest BCUT2D eigenvalue weighted by atomic mass is 10.1. The molecule has 3 rings (SSSR count). The summed E-state index contributed by atoms with van der Waals surface area (Å²) in [5.74, 6) is 0.267. The van der Waals surface area contributed by atoms with Gasteiger partial charge in [0.15, 0.2) is 5.65 Å². The van der Waals surface area contributed by atoms with E-state index in [9.17, 15) is 13.2 Å². The zero-order valence-corrected chi connectivity index (χ0v) is 16.2. The Labute approximate surface area is 154 Å². The van der Waals surface area contributed by atoms with E-state index in [0.717, 1.165) is 11.3 Å². The van der Waals surface area contributed by atoms with E-state index in [1.807, 2.05) is 20.8 Å². The van der Waals surface area contributed by atoms with Crippen molar-refractivity contribution in [2.75, 3.05) is 18.4 Å². The normalized spacial score (nSPS) is 12.6. The maximum absolute atomic E-state index is 12.2. The Hall–Kier alpha value is -2.24. The summed E-state index contributed by atoms with van der Waals surface area (Å²) in [4.78, 5) is 19.2. The number of hydrogen-bond acceptors (Lipinski definition) is 7. The third-order valence-electron chi connectivity index (χ3n) is 3.54. The molecule has 0 atom stereocenters. The SMILES string of the molecule is CC(C)(C)n1ncc2c(=O)[nH]c(NCCNS(=O)(=O)c3cccs3)nc21. The summed E-state index contributed by atoms with van der Waals surface area (Å²) in [6.45, 7) is 6.32. The number of H-pyrrole nitrogens is 1. The average molecular weight is 396 g/mol. The van der Waals surface area contributed by atoms with E-state index in [1.54, 1.807) is 22.2 Å². The Balaban J connectivity index is 1.71. The summed E-state index contributed by atoms with van der Waals surface area (Å²) >= 11 is 1.15. The Morgan fingerprint density at radius 2 is 2.08 bits per heavy atom. The van der Waals surface area contributed by atoms with E-state index in [-0.39, 0.29) is 34.3 Å². The van der Waals surface area contributed by atoms with Gasteiger partial charge >= 0.3 is 0 Å². The van der Waals surface area contributed by atoms with Crippen LogP contribution < -0.4 is 15.6 Å². The molecule has 0 spiro atoms. The third-order valence-corrected chi connectivity index (χ3v) is 6.40. The van der Waals surface area contributed by atoms with Crippen molar-refractivity contribution in [2.24, 2.45) is 0 Å². The summed E-state index contributed by atoms with van der Waals surface area (Å²) in [5.41, 5.74) is -0.147. The summed E-state index contributed by atoms with van der Waals surface area (Å²) in [5, 5.41) is 9.28. The molecular weight excluding hydrogens is 376 g/mol. The molecule has 0 radical (unpaired) electrons. The minimum atomic E-state index is -3.51. The van der Waals surface area contributed by atoms with Crippen LogP contribution >= 0.6 is 11.3 Å². The Bertz CT molecular complexity index is 1060. The van der Waals surface area contributed by atoms with E-state index in [2.05, 4.69) is 25.1 Å². The zero-order valence-electron chi connectivity index (χ0n) is 14.6. The van der Waals surface area contributed by atoms with Gasteiger partial charge < -0.3 is 5.32 Å². The molecule has 0 aliphatic heterocycles. The fraction of sp³-hybridized carbons (Fsp3) is 0.400. The first-order valence-electron chi connectivity index (χ1n) is 7.94. The Kier molecular flexibility index (Phi) is 4.86. The van der Waals surface area contributed by atoms with Gasteiger partial charge in [-0.25, -0.2) is 17.8 Å². The molecule has 140 valence electrons. The Morgan fingerprint density at radius 3 is 2.73 bits per heavy atom. The second-order valence-corrected chi connectivity index (χ2v) is 9.58. The summed E-state index contributed by atoms with van der Waals surface area (Å²) in [7, 11) is -3.51. The van der Waals surface area contributed by atoms with Crippen LogP contribution in [0.15, 0.2) is 32.7 Å². The number of aromatic amines is 1. The topological polar surface area (TPSA) is 122 Å². The van der Waals surface area contributed by atoms with Crippen LogP contribution in [0.5, 0.6) is 0 Å². The van der Waals surface area contributed by atoms with Gasteiger partial charge in [-0.15, -0.1) is 11.3 Å². The second-order valence-electron chi connectivity index (χ2n) is 6.64. The van der Waals surface area contributed by atoms with Gasteiger partial charge in [0.2, 0.25) is 16.0 Å². The van der Waals surface area contributed by atoms with Crippen molar-refractivity contribution in [1.29, 1.82) is 0 Å². The molecule has 0 fully saturated rings. The highest BCUT2D eigenvalue weighted by molar-refractivity contribution is 7.91. The fourth-order valence-electron chi connectivity index (χ4n) is 2.35. The van der Waals surface area contributed by atoms with Gasteiger partial charge in [0.05, 0.1) is 11.7 Å². The quantitative estimate of drug-likeness (QED) is 0.540. The number of hydrogen-bond donors (Lipinski definition) is 3. The number of aromatic nitrogens is 4. The van der Waals surface area contributed by atoms with Crippen LogP contribution in [0.25, 0.3) is 11.0 Å². The van der Waals surface area contributed by atoms with Crippen molar-refractivity contribution in [3.63, 3.8) is 0 Å². The first kappa shape index (κ1) is 18.5. The zero-order chi connectivity index (χ0) is 18.9. The third kappa shape index (κ3) is 3.79. The lowest BCUT2D eigenvalue weighted by Crippen LogP contribution is -2.29. The van der Waals surface area contributed by atoms with Crippen LogP contribution in [0.3, 0.4) is 0 Å². The lowest BCUT2D eigenvalue weighted by Gasteiger charge is -2.19. The number of thiophene rings is 1. The smallest absolute Gasteiger partial charge is 0.263 e. The minimum absolute atomic E-state index is 0.153. The van der Waals surface area contributed by atoms with Gasteiger partial charge in [-0.1, -0.05) is 6.07 Å². The van der Waals surface area contributed by atoms with Gasteiger partial charge in [-0.2, -0.15) is 10.1 Å². The number of nitrogens with zero attached hydrogens (tertiary/aromatic N) is 3. The maximum atomic E-state index is 12.2. The van der Waals surface area contributed by atoms with Crippen molar-refractivity contribution < 1.29 is 8.42 Å². The molecule has 0 saturated carbocycles. The molecular formula is C15H20N6O3S2. The second kappa shape index (κ2) is 6.82. The molecule has 0 aromatic carbocycles. The van der Waals surface area contributed by atoms with Crippen LogP contribution in [0.2, 0.25) is 0 Å². The van der Waals surface area contributed by atoms with Crippen molar-refractivity contribution in [1.82, 2.24) is 24.5 Å². The number of sulfonamides is 1. The molecule has 3 aromatic heterocycles. The summed E-state index contributed by atoms with van der Waals surface area (Å²) in [6, 6.07) is 3.22. The maximum Gasteiger partial charge on any atom is 0.263 e. The van der Waals surface area contributed by atoms with Gasteiger partial charge in [-0.3, -0.25) is 9.78 Å². The van der Waals surface area contributed by atoms with Crippen LogP contribution in [0.1, 0.15) is 20.8 Å². The van der Waals surface area contributed by atoms with Crippen molar-refractivity contribution in [3.8, 4) is 0 Å². The van der Waals surface area contributed by atoms with E-state index < -0.39 is 10.0 Å². The summed E-state index contributed by atoms with van der Waals surface area (Å²) in [6.07, 6.45) is 1.49. The minimum Gasteiger partial charge on any atom is -0.354 e. The number of nitrogens with one attached hydrogen (secondary N) is 3. The van der Waals surface area contributed by atoms with Gasteiger partial charge in [0.1, 0.15) is 9.60 Å². The van der Waals surface area contributed by atoms with Gasteiger partial charge in [0, 0.05) is 13.1 Å². The van der Waals surface area contributed by atoms with Crippen molar-refractivity contribution in [2.45, 2.75) is 30.5 Å². The molecule has 0 aliphatic carbocycles. The highest BCUT2D eigenvalue weighted by atomic mass is 32.2. The molecule has 9 nitrogen and oxygen atoms in total.